The molecule has 1 fully saturated rings. The predicted molar refractivity (Wildman–Crippen MR) is 101 cm³/mol. The number of rotatable bonds is 4. The molecule has 1 amide bonds. The summed E-state index contributed by atoms with van der Waals surface area (Å²) in [5, 5.41) is 5.75. The van der Waals surface area contributed by atoms with Gasteiger partial charge in [0.25, 0.3) is 11.9 Å². The Balaban J connectivity index is 1.65. The first-order valence-corrected chi connectivity index (χ1v) is 9.11. The van der Waals surface area contributed by atoms with Gasteiger partial charge >= 0.3 is 0 Å². The van der Waals surface area contributed by atoms with Crippen LogP contribution in [0.1, 0.15) is 41.7 Å². The van der Waals surface area contributed by atoms with Gasteiger partial charge in [-0.05, 0) is 31.0 Å². The van der Waals surface area contributed by atoms with Gasteiger partial charge in [-0.2, -0.15) is 4.98 Å². The molecule has 4 N–H and O–H groups in total. The van der Waals surface area contributed by atoms with Crippen LogP contribution in [0.4, 0.5) is 21.8 Å². The van der Waals surface area contributed by atoms with Gasteiger partial charge in [-0.3, -0.25) is 4.79 Å². The molecule has 1 aliphatic heterocycles. The summed E-state index contributed by atoms with van der Waals surface area (Å²) in [6.45, 7) is 0.319. The summed E-state index contributed by atoms with van der Waals surface area (Å²) >= 11 is 0. The third kappa shape index (κ3) is 3.80. The number of nitrogens with two attached hydrogens (primary N) is 1. The van der Waals surface area contributed by atoms with Crippen LogP contribution in [0.25, 0.3) is 0 Å². The minimum absolute atomic E-state index is 0.102. The maximum atomic E-state index is 13.5. The first kappa shape index (κ1) is 17.5. The van der Waals surface area contributed by atoms with Gasteiger partial charge in [-0.15, -0.1) is 0 Å². The molecule has 1 aromatic carbocycles. The summed E-state index contributed by atoms with van der Waals surface area (Å²) in [6, 6.07) is 6.08. The number of hydrogen-bond donors (Lipinski definition) is 3. The molecule has 2 heterocycles. The summed E-state index contributed by atoms with van der Waals surface area (Å²) in [5.41, 5.74) is 7.61. The Hall–Kier alpha value is -2.87. The molecule has 2 aliphatic rings. The van der Waals surface area contributed by atoms with Gasteiger partial charge in [-0.25, -0.2) is 14.4 Å². The van der Waals surface area contributed by atoms with Gasteiger partial charge in [0.05, 0.1) is 12.2 Å². The van der Waals surface area contributed by atoms with Crippen molar-refractivity contribution in [2.24, 2.45) is 16.6 Å². The van der Waals surface area contributed by atoms with Gasteiger partial charge in [0, 0.05) is 23.9 Å². The number of benzene rings is 1. The van der Waals surface area contributed by atoms with Crippen LogP contribution >= 0.6 is 0 Å². The molecule has 4 rings (SSSR count). The number of hydrogen-bond acceptors (Lipinski definition) is 6. The van der Waals surface area contributed by atoms with E-state index in [1.807, 2.05) is 6.21 Å². The lowest BCUT2D eigenvalue weighted by molar-refractivity contribution is 0.0966. The largest absolute Gasteiger partial charge is 0.346 e. The fourth-order valence-electron chi connectivity index (χ4n) is 3.50. The van der Waals surface area contributed by atoms with E-state index < -0.39 is 0 Å². The number of anilines is 2. The van der Waals surface area contributed by atoms with E-state index >= 15 is 0 Å². The van der Waals surface area contributed by atoms with E-state index in [1.54, 1.807) is 12.1 Å². The molecule has 2 unspecified atom stereocenters. The van der Waals surface area contributed by atoms with Crippen LogP contribution in [0.15, 0.2) is 29.3 Å². The molecular formula is C19H21FN6O. The number of aliphatic imine (C=N–C) groups is 1. The number of amides is 1. The second-order valence-electron chi connectivity index (χ2n) is 6.90. The van der Waals surface area contributed by atoms with E-state index in [4.69, 9.17) is 5.73 Å². The summed E-state index contributed by atoms with van der Waals surface area (Å²) in [7, 11) is 0. The molecule has 7 nitrogen and oxygen atoms in total. The van der Waals surface area contributed by atoms with Crippen molar-refractivity contribution in [3.63, 3.8) is 0 Å². The molecule has 1 aliphatic carbocycles. The Morgan fingerprint density at radius 1 is 1.30 bits per heavy atom. The topological polar surface area (TPSA) is 105 Å². The second-order valence-corrected chi connectivity index (χ2v) is 6.90. The van der Waals surface area contributed by atoms with Crippen molar-refractivity contribution in [2.45, 2.75) is 38.3 Å². The third-order valence-electron chi connectivity index (χ3n) is 4.96. The third-order valence-corrected chi connectivity index (χ3v) is 4.96. The van der Waals surface area contributed by atoms with Crippen molar-refractivity contribution >= 4 is 29.6 Å². The molecule has 0 spiro atoms. The summed E-state index contributed by atoms with van der Waals surface area (Å²) in [6.07, 6.45) is 6.11. The fourth-order valence-corrected chi connectivity index (χ4v) is 3.50. The van der Waals surface area contributed by atoms with Gasteiger partial charge in [0.1, 0.15) is 17.2 Å². The van der Waals surface area contributed by atoms with Crippen molar-refractivity contribution in [2.75, 3.05) is 5.32 Å². The Bertz CT molecular complexity index is 900. The van der Waals surface area contributed by atoms with E-state index in [2.05, 4.69) is 25.6 Å². The second kappa shape index (κ2) is 7.40. The van der Waals surface area contributed by atoms with Gasteiger partial charge in [0.2, 0.25) is 0 Å². The minimum atomic E-state index is -0.375. The summed E-state index contributed by atoms with van der Waals surface area (Å²) in [5.74, 6) is 0.158. The van der Waals surface area contributed by atoms with Gasteiger partial charge < -0.3 is 16.4 Å². The average Bonchev–Trinajstić information content (AvgIpc) is 3.02. The lowest BCUT2D eigenvalue weighted by atomic mass is 9.86. The zero-order chi connectivity index (χ0) is 18.8. The summed E-state index contributed by atoms with van der Waals surface area (Å²) < 4.78 is 13.5. The Morgan fingerprint density at radius 3 is 2.96 bits per heavy atom. The van der Waals surface area contributed by atoms with E-state index in [0.29, 0.717) is 29.3 Å². The Labute approximate surface area is 156 Å². The lowest BCUT2D eigenvalue weighted by Crippen LogP contribution is -2.33. The van der Waals surface area contributed by atoms with Crippen molar-refractivity contribution in [1.29, 1.82) is 0 Å². The van der Waals surface area contributed by atoms with E-state index in [0.717, 1.165) is 25.7 Å². The van der Waals surface area contributed by atoms with E-state index in [1.165, 1.54) is 12.1 Å². The predicted octanol–water partition coefficient (Wildman–Crippen LogP) is 2.82. The van der Waals surface area contributed by atoms with Crippen molar-refractivity contribution in [1.82, 2.24) is 15.3 Å². The van der Waals surface area contributed by atoms with Gasteiger partial charge in [-0.1, -0.05) is 18.9 Å². The minimum Gasteiger partial charge on any atom is -0.346 e. The molecule has 140 valence electrons. The normalized spacial score (nSPS) is 21.9. The highest BCUT2D eigenvalue weighted by molar-refractivity contribution is 6.02. The number of carbonyl (C=O) groups excluding carboxylic acids is 1. The molecule has 8 heteroatoms. The first-order chi connectivity index (χ1) is 13.1. The first-order valence-electron chi connectivity index (χ1n) is 9.11. The molecule has 1 aromatic heterocycles. The maximum absolute atomic E-state index is 13.5. The molecule has 0 radical (unpaired) electrons. The molecular weight excluding hydrogens is 347 g/mol. The van der Waals surface area contributed by atoms with Crippen molar-refractivity contribution in [3.8, 4) is 0 Å². The van der Waals surface area contributed by atoms with Crippen molar-refractivity contribution < 1.29 is 9.18 Å². The number of aromatic nitrogens is 2. The van der Waals surface area contributed by atoms with E-state index in [-0.39, 0.29) is 29.6 Å². The van der Waals surface area contributed by atoms with Crippen molar-refractivity contribution in [3.05, 3.63) is 41.3 Å². The van der Waals surface area contributed by atoms with Crippen LogP contribution in [-0.2, 0) is 6.54 Å². The zero-order valence-electron chi connectivity index (χ0n) is 14.8. The molecule has 0 saturated heterocycles. The Kier molecular flexibility index (Phi) is 4.81. The van der Waals surface area contributed by atoms with Crippen LogP contribution in [0.3, 0.4) is 0 Å². The number of nitrogens with zero attached hydrogens (tertiary/aromatic N) is 3. The molecule has 2 aromatic rings. The lowest BCUT2D eigenvalue weighted by Gasteiger charge is -2.24. The molecule has 2 atom stereocenters. The number of fused-ring (bicyclic) bond motifs is 1. The van der Waals surface area contributed by atoms with Crippen LogP contribution in [0.2, 0.25) is 0 Å². The smallest absolute Gasteiger partial charge is 0.257 e. The number of nitrogens with one attached hydrogen (secondary N) is 2. The summed E-state index contributed by atoms with van der Waals surface area (Å²) in [4.78, 5) is 25.3. The monoisotopic (exact) mass is 368 g/mol. The fraction of sp³-hybridized carbons (Fsp3) is 0.368. The molecule has 0 bridgehead atoms. The molecule has 27 heavy (non-hydrogen) atoms. The van der Waals surface area contributed by atoms with E-state index in [9.17, 15) is 9.18 Å². The highest BCUT2D eigenvalue weighted by atomic mass is 19.1. The molecule has 1 saturated carbocycles. The number of halogens is 1. The zero-order valence-corrected chi connectivity index (χ0v) is 14.8. The standard InChI is InChI=1S/C19H21FN6O/c20-12-5-3-6-13(8-12)24-17-16-15(10-22-18(16)27)25-19(26-17)23-9-11-4-1-2-7-14(11)21/h3,5-6,8-9,11,14H,1-2,4,7,10,21H2,(H,22,27)(H,24,25,26)/b23-9+. The highest BCUT2D eigenvalue weighted by Crippen LogP contribution is 2.28. The SMILES string of the molecule is NC1CCCCC1/C=N/c1nc2c(c(Nc3cccc(F)c3)n1)C(=O)NC2. The van der Waals surface area contributed by atoms with Crippen LogP contribution in [0.5, 0.6) is 0 Å². The average molecular weight is 368 g/mol. The van der Waals surface area contributed by atoms with Crippen LogP contribution in [-0.4, -0.2) is 28.1 Å². The van der Waals surface area contributed by atoms with Gasteiger partial charge in [0.15, 0.2) is 0 Å². The number of carbonyl (C=O) groups is 1. The van der Waals surface area contributed by atoms with Crippen LogP contribution in [0, 0.1) is 11.7 Å². The highest BCUT2D eigenvalue weighted by Gasteiger charge is 2.27. The maximum Gasteiger partial charge on any atom is 0.257 e. The Morgan fingerprint density at radius 2 is 2.15 bits per heavy atom. The quantitative estimate of drug-likeness (QED) is 0.720. The van der Waals surface area contributed by atoms with Crippen LogP contribution < -0.4 is 16.4 Å².